The van der Waals surface area contributed by atoms with Gasteiger partial charge in [-0.05, 0) is 12.1 Å². The van der Waals surface area contributed by atoms with Gasteiger partial charge in [-0.1, -0.05) is 18.2 Å². The maximum atomic E-state index is 12.3. The summed E-state index contributed by atoms with van der Waals surface area (Å²) < 4.78 is 10.6. The van der Waals surface area contributed by atoms with Crippen molar-refractivity contribution in [1.82, 2.24) is 9.80 Å². The first kappa shape index (κ1) is 17.1. The number of rotatable bonds is 6. The molecule has 5 heteroatoms. The van der Waals surface area contributed by atoms with Gasteiger partial charge in [-0.3, -0.25) is 9.69 Å². The molecule has 2 rings (SSSR count). The molecule has 0 unspecified atom stereocenters. The van der Waals surface area contributed by atoms with E-state index in [9.17, 15) is 4.79 Å². The number of piperazine rings is 1. The highest BCUT2D eigenvalue weighted by atomic mass is 16.5. The van der Waals surface area contributed by atoms with Crippen LogP contribution in [0.4, 0.5) is 0 Å². The zero-order valence-electron chi connectivity index (χ0n) is 13.8. The van der Waals surface area contributed by atoms with E-state index in [0.29, 0.717) is 11.5 Å². The van der Waals surface area contributed by atoms with Crippen LogP contribution in [0.2, 0.25) is 0 Å². The molecule has 0 bridgehead atoms. The highest BCUT2D eigenvalue weighted by Gasteiger charge is 2.18. The number of benzene rings is 1. The number of nitrogens with zero attached hydrogens (tertiary/aromatic N) is 2. The lowest BCUT2D eigenvalue weighted by Gasteiger charge is -2.33. The summed E-state index contributed by atoms with van der Waals surface area (Å²) in [6, 6.07) is 5.60. The number of para-hydroxylation sites is 1. The fourth-order valence-electron chi connectivity index (χ4n) is 2.64. The van der Waals surface area contributed by atoms with Crippen LogP contribution in [0.3, 0.4) is 0 Å². The molecule has 1 aliphatic heterocycles. The molecular formula is C18H24N2O3. The van der Waals surface area contributed by atoms with Crippen LogP contribution >= 0.6 is 0 Å². The van der Waals surface area contributed by atoms with Crippen LogP contribution in [0.5, 0.6) is 11.5 Å². The largest absolute Gasteiger partial charge is 0.493 e. The predicted molar refractivity (Wildman–Crippen MR) is 91.8 cm³/mol. The first-order valence-electron chi connectivity index (χ1n) is 7.70. The van der Waals surface area contributed by atoms with Gasteiger partial charge < -0.3 is 14.4 Å². The summed E-state index contributed by atoms with van der Waals surface area (Å²) >= 11 is 0. The molecule has 23 heavy (non-hydrogen) atoms. The fourth-order valence-corrected chi connectivity index (χ4v) is 2.64. The molecule has 1 aliphatic rings. The lowest BCUT2D eigenvalue weighted by Crippen LogP contribution is -2.48. The number of ether oxygens (including phenoxy) is 2. The maximum Gasteiger partial charge on any atom is 0.246 e. The minimum Gasteiger partial charge on any atom is -0.493 e. The van der Waals surface area contributed by atoms with Gasteiger partial charge in [0.2, 0.25) is 5.91 Å². The van der Waals surface area contributed by atoms with E-state index in [4.69, 9.17) is 9.47 Å². The predicted octanol–water partition coefficient (Wildman–Crippen LogP) is 2.05. The second-order valence-corrected chi connectivity index (χ2v) is 5.33. The summed E-state index contributed by atoms with van der Waals surface area (Å²) in [5.74, 6) is 1.31. The minimum atomic E-state index is 0.0214. The van der Waals surface area contributed by atoms with Gasteiger partial charge in [0, 0.05) is 44.4 Å². The molecule has 1 fully saturated rings. The molecule has 0 spiro atoms. The second-order valence-electron chi connectivity index (χ2n) is 5.33. The van der Waals surface area contributed by atoms with Crippen LogP contribution in [-0.4, -0.2) is 62.7 Å². The lowest BCUT2D eigenvalue weighted by atomic mass is 10.1. The molecule has 0 N–H and O–H groups in total. The summed E-state index contributed by atoms with van der Waals surface area (Å²) in [5, 5.41) is 0. The molecule has 5 nitrogen and oxygen atoms in total. The number of amides is 1. The van der Waals surface area contributed by atoms with Crippen molar-refractivity contribution >= 4 is 12.0 Å². The Morgan fingerprint density at radius 1 is 1.22 bits per heavy atom. The third kappa shape index (κ3) is 4.36. The van der Waals surface area contributed by atoms with E-state index in [1.165, 1.54) is 0 Å². The van der Waals surface area contributed by atoms with E-state index in [0.717, 1.165) is 38.3 Å². The molecule has 0 aromatic heterocycles. The Morgan fingerprint density at radius 2 is 1.96 bits per heavy atom. The number of hydrogen-bond donors (Lipinski definition) is 0. The Morgan fingerprint density at radius 3 is 2.57 bits per heavy atom. The third-order valence-electron chi connectivity index (χ3n) is 3.91. The van der Waals surface area contributed by atoms with Crippen LogP contribution in [0, 0.1) is 0 Å². The number of carbonyl (C=O) groups excluding carboxylic acids is 1. The molecule has 0 radical (unpaired) electrons. The smallest absolute Gasteiger partial charge is 0.246 e. The van der Waals surface area contributed by atoms with Crippen molar-refractivity contribution in [1.29, 1.82) is 0 Å². The van der Waals surface area contributed by atoms with E-state index < -0.39 is 0 Å². The van der Waals surface area contributed by atoms with E-state index >= 15 is 0 Å². The van der Waals surface area contributed by atoms with Crippen molar-refractivity contribution in [3.05, 3.63) is 42.5 Å². The zero-order chi connectivity index (χ0) is 16.7. The molecule has 0 saturated carbocycles. The lowest BCUT2D eigenvalue weighted by molar-refractivity contribution is -0.127. The van der Waals surface area contributed by atoms with Crippen LogP contribution in [-0.2, 0) is 4.79 Å². The van der Waals surface area contributed by atoms with E-state index in [1.54, 1.807) is 26.4 Å². The van der Waals surface area contributed by atoms with Gasteiger partial charge in [-0.25, -0.2) is 0 Å². The first-order valence-corrected chi connectivity index (χ1v) is 7.70. The van der Waals surface area contributed by atoms with E-state index in [2.05, 4.69) is 11.5 Å². The van der Waals surface area contributed by atoms with E-state index in [-0.39, 0.29) is 5.91 Å². The second kappa shape index (κ2) is 8.39. The topological polar surface area (TPSA) is 42.0 Å². The Labute approximate surface area is 137 Å². The van der Waals surface area contributed by atoms with Gasteiger partial charge in [-0.2, -0.15) is 0 Å². The summed E-state index contributed by atoms with van der Waals surface area (Å²) in [5.41, 5.74) is 0.825. The van der Waals surface area contributed by atoms with E-state index in [1.807, 2.05) is 29.2 Å². The van der Waals surface area contributed by atoms with Crippen molar-refractivity contribution in [2.75, 3.05) is 46.9 Å². The normalized spacial score (nSPS) is 15.7. The Balaban J connectivity index is 2.01. The molecular weight excluding hydrogens is 292 g/mol. The molecule has 0 aliphatic carbocycles. The zero-order valence-corrected chi connectivity index (χ0v) is 13.8. The maximum absolute atomic E-state index is 12.3. The molecule has 1 amide bonds. The van der Waals surface area contributed by atoms with Crippen LogP contribution in [0.1, 0.15) is 5.56 Å². The molecule has 1 saturated heterocycles. The van der Waals surface area contributed by atoms with Crippen molar-refractivity contribution in [2.24, 2.45) is 0 Å². The number of hydrogen-bond acceptors (Lipinski definition) is 4. The highest BCUT2D eigenvalue weighted by molar-refractivity contribution is 5.92. The Hall–Kier alpha value is -2.27. The van der Waals surface area contributed by atoms with Gasteiger partial charge in [0.25, 0.3) is 0 Å². The summed E-state index contributed by atoms with van der Waals surface area (Å²) in [6.45, 7) is 7.87. The summed E-state index contributed by atoms with van der Waals surface area (Å²) in [7, 11) is 3.19. The average Bonchev–Trinajstić information content (AvgIpc) is 2.60. The molecule has 0 atom stereocenters. The van der Waals surface area contributed by atoms with Crippen LogP contribution in [0.15, 0.2) is 36.9 Å². The number of methoxy groups -OCH3 is 2. The van der Waals surface area contributed by atoms with Crippen molar-refractivity contribution < 1.29 is 14.3 Å². The van der Waals surface area contributed by atoms with Crippen molar-refractivity contribution in [2.45, 2.75) is 0 Å². The highest BCUT2D eigenvalue weighted by Crippen LogP contribution is 2.31. The van der Waals surface area contributed by atoms with Gasteiger partial charge in [0.15, 0.2) is 11.5 Å². The van der Waals surface area contributed by atoms with Gasteiger partial charge in [-0.15, -0.1) is 6.58 Å². The first-order chi connectivity index (χ1) is 11.2. The summed E-state index contributed by atoms with van der Waals surface area (Å²) in [6.07, 6.45) is 5.27. The Bertz CT molecular complexity index is 576. The van der Waals surface area contributed by atoms with Crippen LogP contribution in [0.25, 0.3) is 6.08 Å². The molecule has 1 heterocycles. The van der Waals surface area contributed by atoms with Crippen molar-refractivity contribution in [3.8, 4) is 11.5 Å². The van der Waals surface area contributed by atoms with Gasteiger partial charge in [0.05, 0.1) is 14.2 Å². The SMILES string of the molecule is C=CCN1CCN(C(=O)C=Cc2cccc(OC)c2OC)CC1. The Kier molecular flexibility index (Phi) is 6.23. The quantitative estimate of drug-likeness (QED) is 0.595. The fraction of sp³-hybridized carbons (Fsp3) is 0.389. The van der Waals surface area contributed by atoms with Crippen LogP contribution < -0.4 is 9.47 Å². The number of carbonyl (C=O) groups is 1. The monoisotopic (exact) mass is 316 g/mol. The molecule has 1 aromatic rings. The van der Waals surface area contributed by atoms with Gasteiger partial charge in [0.1, 0.15) is 0 Å². The molecule has 1 aromatic carbocycles. The van der Waals surface area contributed by atoms with Crippen molar-refractivity contribution in [3.63, 3.8) is 0 Å². The molecule has 124 valence electrons. The standard InChI is InChI=1S/C18H24N2O3/c1-4-10-19-11-13-20(14-12-19)17(21)9-8-15-6-5-7-16(22-2)18(15)23-3/h4-9H,1,10-14H2,2-3H3. The average molecular weight is 316 g/mol. The van der Waals surface area contributed by atoms with Gasteiger partial charge >= 0.3 is 0 Å². The third-order valence-corrected chi connectivity index (χ3v) is 3.91. The minimum absolute atomic E-state index is 0.0214. The summed E-state index contributed by atoms with van der Waals surface area (Å²) in [4.78, 5) is 16.5.